The van der Waals surface area contributed by atoms with Crippen LogP contribution in [0.15, 0.2) is 12.1 Å². The van der Waals surface area contributed by atoms with Crippen LogP contribution < -0.4 is 5.32 Å². The van der Waals surface area contributed by atoms with Gasteiger partial charge in [0.05, 0.1) is 0 Å². The fourth-order valence-corrected chi connectivity index (χ4v) is 2.74. The van der Waals surface area contributed by atoms with Gasteiger partial charge in [-0.1, -0.05) is 34.6 Å². The van der Waals surface area contributed by atoms with Crippen molar-refractivity contribution in [3.63, 3.8) is 0 Å². The molecule has 0 aromatic carbocycles. The molecule has 0 spiro atoms. The molecule has 1 fully saturated rings. The summed E-state index contributed by atoms with van der Waals surface area (Å²) in [5.41, 5.74) is 1.20. The van der Waals surface area contributed by atoms with E-state index >= 15 is 0 Å². The van der Waals surface area contributed by atoms with Gasteiger partial charge < -0.3 is 5.32 Å². The highest BCUT2D eigenvalue weighted by Gasteiger charge is 2.44. The van der Waals surface area contributed by atoms with Gasteiger partial charge in [-0.15, -0.1) is 15.3 Å². The van der Waals surface area contributed by atoms with Crippen molar-refractivity contribution in [1.29, 1.82) is 0 Å². The molecule has 2 aromatic heterocycles. The Morgan fingerprint density at radius 3 is 2.52 bits per heavy atom. The van der Waals surface area contributed by atoms with Gasteiger partial charge in [0, 0.05) is 12.0 Å². The van der Waals surface area contributed by atoms with Gasteiger partial charge in [-0.05, 0) is 36.3 Å². The summed E-state index contributed by atoms with van der Waals surface area (Å²) >= 11 is 0. The number of rotatable bonds is 4. The van der Waals surface area contributed by atoms with Crippen molar-refractivity contribution >= 4 is 11.5 Å². The maximum atomic E-state index is 4.67. The molecule has 5 heteroatoms. The third kappa shape index (κ3) is 2.61. The van der Waals surface area contributed by atoms with E-state index in [2.05, 4.69) is 55.2 Å². The van der Waals surface area contributed by atoms with Crippen molar-refractivity contribution in [2.75, 3.05) is 11.9 Å². The van der Waals surface area contributed by atoms with E-state index in [0.29, 0.717) is 11.3 Å². The minimum atomic E-state index is -0.0688. The van der Waals surface area contributed by atoms with E-state index in [9.17, 15) is 0 Å². The average molecular weight is 287 g/mol. The molecule has 1 saturated carbocycles. The number of fused-ring (bicyclic) bond motifs is 1. The molecule has 2 heterocycles. The summed E-state index contributed by atoms with van der Waals surface area (Å²) in [5.74, 6) is 2.51. The Morgan fingerprint density at radius 2 is 1.95 bits per heavy atom. The first-order valence-electron chi connectivity index (χ1n) is 7.79. The summed E-state index contributed by atoms with van der Waals surface area (Å²) in [6, 6.07) is 3.97. The largest absolute Gasteiger partial charge is 0.368 e. The number of hydrogen-bond acceptors (Lipinski definition) is 4. The van der Waals surface area contributed by atoms with Crippen molar-refractivity contribution in [1.82, 2.24) is 19.8 Å². The van der Waals surface area contributed by atoms with Gasteiger partial charge in [-0.25, -0.2) is 0 Å². The minimum absolute atomic E-state index is 0.0688. The van der Waals surface area contributed by atoms with Crippen molar-refractivity contribution < 1.29 is 0 Å². The molecule has 0 atom stereocenters. The number of nitrogens with one attached hydrogen (secondary N) is 1. The third-order valence-corrected chi connectivity index (χ3v) is 4.67. The topological polar surface area (TPSA) is 55.1 Å². The Kier molecular flexibility index (Phi) is 3.19. The summed E-state index contributed by atoms with van der Waals surface area (Å²) < 4.78 is 1.86. The number of aromatic nitrogens is 4. The molecular formula is C16H25N5. The first kappa shape index (κ1) is 14.3. The van der Waals surface area contributed by atoms with Crippen LogP contribution in [0.2, 0.25) is 0 Å². The van der Waals surface area contributed by atoms with Crippen LogP contribution in [0.5, 0.6) is 0 Å². The van der Waals surface area contributed by atoms with E-state index < -0.39 is 0 Å². The van der Waals surface area contributed by atoms with E-state index in [1.54, 1.807) is 0 Å². The fraction of sp³-hybridized carbons (Fsp3) is 0.688. The lowest BCUT2D eigenvalue weighted by Gasteiger charge is -2.20. The summed E-state index contributed by atoms with van der Waals surface area (Å²) in [6.07, 6.45) is 2.64. The van der Waals surface area contributed by atoms with Crippen LogP contribution in [0, 0.1) is 11.3 Å². The normalized spacial score (nSPS) is 17.4. The molecule has 0 unspecified atom stereocenters. The molecule has 1 N–H and O–H groups in total. The second-order valence-corrected chi connectivity index (χ2v) is 7.63. The highest BCUT2D eigenvalue weighted by molar-refractivity contribution is 5.44. The molecule has 2 aromatic rings. The maximum absolute atomic E-state index is 4.67. The molecule has 114 valence electrons. The standard InChI is InChI=1S/C16H25N5/c1-11(2)16(8-9-16)10-17-12-6-7-13-18-19-14(15(3,4)5)21(13)20-12/h6-7,11H,8-10H2,1-5H3,(H,17,20). The predicted molar refractivity (Wildman–Crippen MR) is 84.5 cm³/mol. The van der Waals surface area contributed by atoms with Crippen LogP contribution in [0.25, 0.3) is 5.65 Å². The van der Waals surface area contributed by atoms with Crippen LogP contribution in [-0.2, 0) is 5.41 Å². The van der Waals surface area contributed by atoms with Crippen molar-refractivity contribution in [2.45, 2.75) is 52.9 Å². The monoisotopic (exact) mass is 287 g/mol. The van der Waals surface area contributed by atoms with Gasteiger partial charge in [-0.2, -0.15) is 4.52 Å². The lowest BCUT2D eigenvalue weighted by Crippen LogP contribution is -2.22. The second-order valence-electron chi connectivity index (χ2n) is 7.63. The molecule has 1 aliphatic rings. The number of anilines is 1. The molecule has 0 saturated heterocycles. The summed E-state index contributed by atoms with van der Waals surface area (Å²) in [4.78, 5) is 0. The van der Waals surface area contributed by atoms with E-state index in [0.717, 1.165) is 23.8 Å². The summed E-state index contributed by atoms with van der Waals surface area (Å²) in [5, 5.41) is 16.7. The van der Waals surface area contributed by atoms with E-state index in [1.165, 1.54) is 12.8 Å². The van der Waals surface area contributed by atoms with Crippen LogP contribution in [0.3, 0.4) is 0 Å². The molecule has 3 rings (SSSR count). The van der Waals surface area contributed by atoms with E-state index in [-0.39, 0.29) is 5.41 Å². The molecule has 0 radical (unpaired) electrons. The zero-order valence-corrected chi connectivity index (χ0v) is 13.6. The van der Waals surface area contributed by atoms with Crippen molar-refractivity contribution in [3.05, 3.63) is 18.0 Å². The van der Waals surface area contributed by atoms with Gasteiger partial charge in [0.1, 0.15) is 5.82 Å². The third-order valence-electron chi connectivity index (χ3n) is 4.67. The van der Waals surface area contributed by atoms with E-state index in [1.807, 2.05) is 16.6 Å². The molecule has 21 heavy (non-hydrogen) atoms. The van der Waals surface area contributed by atoms with E-state index in [4.69, 9.17) is 0 Å². The first-order valence-corrected chi connectivity index (χ1v) is 7.79. The zero-order valence-electron chi connectivity index (χ0n) is 13.6. The predicted octanol–water partition coefficient (Wildman–Crippen LogP) is 3.27. The van der Waals surface area contributed by atoms with Gasteiger partial charge in [0.2, 0.25) is 0 Å². The molecular weight excluding hydrogens is 262 g/mol. The smallest absolute Gasteiger partial charge is 0.178 e. The van der Waals surface area contributed by atoms with Crippen LogP contribution in [0.1, 0.15) is 53.3 Å². The lowest BCUT2D eigenvalue weighted by molar-refractivity contribution is 0.379. The van der Waals surface area contributed by atoms with Gasteiger partial charge in [0.25, 0.3) is 0 Å². The van der Waals surface area contributed by atoms with Crippen LogP contribution >= 0.6 is 0 Å². The lowest BCUT2D eigenvalue weighted by atomic mass is 9.92. The SMILES string of the molecule is CC(C)C1(CNc2ccc3nnc(C(C)(C)C)n3n2)CC1. The fourth-order valence-electron chi connectivity index (χ4n) is 2.74. The quantitative estimate of drug-likeness (QED) is 0.937. The van der Waals surface area contributed by atoms with Gasteiger partial charge >= 0.3 is 0 Å². The first-order chi connectivity index (χ1) is 9.82. The Morgan fingerprint density at radius 1 is 1.24 bits per heavy atom. The van der Waals surface area contributed by atoms with Crippen molar-refractivity contribution in [2.24, 2.45) is 11.3 Å². The molecule has 0 amide bonds. The molecule has 1 aliphatic carbocycles. The Balaban J connectivity index is 1.84. The molecule has 0 bridgehead atoms. The number of hydrogen-bond donors (Lipinski definition) is 1. The minimum Gasteiger partial charge on any atom is -0.368 e. The summed E-state index contributed by atoms with van der Waals surface area (Å²) in [6.45, 7) is 12.0. The van der Waals surface area contributed by atoms with Crippen LogP contribution in [-0.4, -0.2) is 26.4 Å². The Hall–Kier alpha value is -1.65. The number of nitrogens with zero attached hydrogens (tertiary/aromatic N) is 4. The van der Waals surface area contributed by atoms with Crippen molar-refractivity contribution in [3.8, 4) is 0 Å². The summed E-state index contributed by atoms with van der Waals surface area (Å²) in [7, 11) is 0. The van der Waals surface area contributed by atoms with Gasteiger partial charge in [0.15, 0.2) is 11.5 Å². The second kappa shape index (κ2) is 4.68. The average Bonchev–Trinajstić information content (AvgIpc) is 3.07. The highest BCUT2D eigenvalue weighted by atomic mass is 15.4. The van der Waals surface area contributed by atoms with Crippen LogP contribution in [0.4, 0.5) is 5.82 Å². The highest BCUT2D eigenvalue weighted by Crippen LogP contribution is 2.51. The molecule has 5 nitrogen and oxygen atoms in total. The van der Waals surface area contributed by atoms with Gasteiger partial charge in [-0.3, -0.25) is 0 Å². The Bertz CT molecular complexity index is 646. The Labute approximate surface area is 126 Å². The maximum Gasteiger partial charge on any atom is 0.178 e. The zero-order chi connectivity index (χ0) is 15.3. The molecule has 0 aliphatic heterocycles.